The zero-order valence-electron chi connectivity index (χ0n) is 11.6. The maximum Gasteiger partial charge on any atom is 0.303 e. The summed E-state index contributed by atoms with van der Waals surface area (Å²) in [6.45, 7) is 2.85. The Morgan fingerprint density at radius 1 is 1.25 bits per heavy atom. The fourth-order valence-corrected chi connectivity index (χ4v) is 2.88. The SMILES string of the molecule is O=C(O)CCC1CCN(Cc2nnnn2C2CC2)CC1. The molecule has 0 amide bonds. The van der Waals surface area contributed by atoms with E-state index in [2.05, 4.69) is 20.4 Å². The lowest BCUT2D eigenvalue weighted by Gasteiger charge is -2.31. The van der Waals surface area contributed by atoms with Gasteiger partial charge in [-0.2, -0.15) is 0 Å². The number of nitrogens with zero attached hydrogens (tertiary/aromatic N) is 5. The first-order chi connectivity index (χ1) is 9.72. The van der Waals surface area contributed by atoms with Crippen molar-refractivity contribution in [2.24, 2.45) is 5.92 Å². The molecule has 2 heterocycles. The van der Waals surface area contributed by atoms with Crippen molar-refractivity contribution in [2.45, 2.75) is 51.1 Å². The Morgan fingerprint density at radius 3 is 2.65 bits per heavy atom. The van der Waals surface area contributed by atoms with E-state index in [4.69, 9.17) is 5.11 Å². The molecule has 0 atom stereocenters. The average Bonchev–Trinajstić information content (AvgIpc) is 3.18. The predicted octanol–water partition coefficient (Wildman–Crippen LogP) is 1.08. The highest BCUT2D eigenvalue weighted by molar-refractivity contribution is 5.66. The topological polar surface area (TPSA) is 84.1 Å². The predicted molar refractivity (Wildman–Crippen MR) is 71.0 cm³/mol. The van der Waals surface area contributed by atoms with Crippen LogP contribution in [0.4, 0.5) is 0 Å². The minimum atomic E-state index is -0.684. The first-order valence-corrected chi connectivity index (χ1v) is 7.43. The largest absolute Gasteiger partial charge is 0.481 e. The Bertz CT molecular complexity index is 463. The Labute approximate surface area is 117 Å². The summed E-state index contributed by atoms with van der Waals surface area (Å²) in [5.41, 5.74) is 0. The molecular weight excluding hydrogens is 258 g/mol. The summed E-state index contributed by atoms with van der Waals surface area (Å²) in [5.74, 6) is 0.842. The fourth-order valence-electron chi connectivity index (χ4n) is 2.88. The molecule has 7 nitrogen and oxygen atoms in total. The van der Waals surface area contributed by atoms with E-state index >= 15 is 0 Å². The second kappa shape index (κ2) is 5.87. The third-order valence-corrected chi connectivity index (χ3v) is 4.29. The highest BCUT2D eigenvalue weighted by Gasteiger charge is 2.29. The second-order valence-corrected chi connectivity index (χ2v) is 5.92. The second-order valence-electron chi connectivity index (χ2n) is 5.92. The number of aromatic nitrogens is 4. The van der Waals surface area contributed by atoms with E-state index in [1.807, 2.05) is 4.68 Å². The van der Waals surface area contributed by atoms with Crippen molar-refractivity contribution < 1.29 is 9.90 Å². The summed E-state index contributed by atoms with van der Waals surface area (Å²) < 4.78 is 1.97. The van der Waals surface area contributed by atoms with E-state index in [9.17, 15) is 4.79 Å². The first kappa shape index (κ1) is 13.5. The van der Waals surface area contributed by atoms with Gasteiger partial charge in [-0.05, 0) is 61.5 Å². The van der Waals surface area contributed by atoms with Gasteiger partial charge in [-0.1, -0.05) is 0 Å². The van der Waals surface area contributed by atoms with Crippen LogP contribution in [0.5, 0.6) is 0 Å². The first-order valence-electron chi connectivity index (χ1n) is 7.43. The molecule has 1 aliphatic carbocycles. The molecule has 1 aliphatic heterocycles. The van der Waals surface area contributed by atoms with Gasteiger partial charge in [-0.25, -0.2) is 4.68 Å². The zero-order chi connectivity index (χ0) is 13.9. The monoisotopic (exact) mass is 279 g/mol. The number of hydrogen-bond acceptors (Lipinski definition) is 5. The van der Waals surface area contributed by atoms with Gasteiger partial charge in [-0.15, -0.1) is 5.10 Å². The van der Waals surface area contributed by atoms with Crippen molar-refractivity contribution in [3.63, 3.8) is 0 Å². The standard InChI is InChI=1S/C13H21N5O2/c19-13(20)4-1-10-5-7-17(8-6-10)9-12-14-15-16-18(12)11-2-3-11/h10-11H,1-9H2,(H,19,20). The van der Waals surface area contributed by atoms with E-state index in [-0.39, 0.29) is 0 Å². The van der Waals surface area contributed by atoms with E-state index < -0.39 is 5.97 Å². The Hall–Kier alpha value is -1.50. The lowest BCUT2D eigenvalue weighted by molar-refractivity contribution is -0.137. The number of aliphatic carboxylic acids is 1. The molecule has 1 aromatic heterocycles. The molecule has 1 saturated heterocycles. The van der Waals surface area contributed by atoms with Crippen molar-refractivity contribution >= 4 is 5.97 Å². The Balaban J connectivity index is 1.46. The smallest absolute Gasteiger partial charge is 0.303 e. The van der Waals surface area contributed by atoms with Gasteiger partial charge >= 0.3 is 5.97 Å². The molecule has 2 fully saturated rings. The van der Waals surface area contributed by atoms with Crippen LogP contribution in [0.1, 0.15) is 50.4 Å². The third kappa shape index (κ3) is 3.33. The maximum atomic E-state index is 10.6. The molecular formula is C13H21N5O2. The number of hydrogen-bond donors (Lipinski definition) is 1. The number of tetrazole rings is 1. The molecule has 0 unspecified atom stereocenters. The fraction of sp³-hybridized carbons (Fsp3) is 0.846. The normalized spacial score (nSPS) is 21.2. The van der Waals surface area contributed by atoms with Crippen LogP contribution in [-0.2, 0) is 11.3 Å². The zero-order valence-corrected chi connectivity index (χ0v) is 11.6. The molecule has 0 radical (unpaired) electrons. The lowest BCUT2D eigenvalue weighted by Crippen LogP contribution is -2.34. The van der Waals surface area contributed by atoms with Crippen LogP contribution >= 0.6 is 0 Å². The van der Waals surface area contributed by atoms with E-state index in [0.29, 0.717) is 18.4 Å². The van der Waals surface area contributed by atoms with Crippen LogP contribution in [0.3, 0.4) is 0 Å². The molecule has 1 aromatic rings. The van der Waals surface area contributed by atoms with Crippen LogP contribution in [0, 0.1) is 5.92 Å². The van der Waals surface area contributed by atoms with Crippen LogP contribution in [0.25, 0.3) is 0 Å². The number of piperidine rings is 1. The van der Waals surface area contributed by atoms with Gasteiger partial charge in [0.05, 0.1) is 12.6 Å². The van der Waals surface area contributed by atoms with Crippen LogP contribution in [-0.4, -0.2) is 49.3 Å². The van der Waals surface area contributed by atoms with E-state index in [1.54, 1.807) is 0 Å². The molecule has 7 heteroatoms. The minimum Gasteiger partial charge on any atom is -0.481 e. The quantitative estimate of drug-likeness (QED) is 0.839. The molecule has 1 N–H and O–H groups in total. The Kier molecular flexibility index (Phi) is 3.95. The van der Waals surface area contributed by atoms with Crippen molar-refractivity contribution in [1.29, 1.82) is 0 Å². The summed E-state index contributed by atoms with van der Waals surface area (Å²) in [5, 5.41) is 20.7. The van der Waals surface area contributed by atoms with Gasteiger partial charge in [0.2, 0.25) is 0 Å². The summed E-state index contributed by atoms with van der Waals surface area (Å²) in [4.78, 5) is 13.0. The van der Waals surface area contributed by atoms with E-state index in [0.717, 1.165) is 44.7 Å². The summed E-state index contributed by atoms with van der Waals surface area (Å²) >= 11 is 0. The maximum absolute atomic E-state index is 10.6. The molecule has 110 valence electrons. The van der Waals surface area contributed by atoms with E-state index in [1.165, 1.54) is 12.8 Å². The highest BCUT2D eigenvalue weighted by Crippen LogP contribution is 2.34. The lowest BCUT2D eigenvalue weighted by atomic mass is 9.92. The number of carboxylic acids is 1. The van der Waals surface area contributed by atoms with Crippen molar-refractivity contribution in [1.82, 2.24) is 25.1 Å². The summed E-state index contributed by atoms with van der Waals surface area (Å²) in [6.07, 6.45) is 5.65. The molecule has 0 bridgehead atoms. The van der Waals surface area contributed by atoms with Gasteiger partial charge in [0.25, 0.3) is 0 Å². The number of carboxylic acid groups (broad SMARTS) is 1. The third-order valence-electron chi connectivity index (χ3n) is 4.29. The van der Waals surface area contributed by atoms with Gasteiger partial charge in [0.15, 0.2) is 5.82 Å². The van der Waals surface area contributed by atoms with Crippen molar-refractivity contribution in [2.75, 3.05) is 13.1 Å². The van der Waals surface area contributed by atoms with Gasteiger partial charge in [-0.3, -0.25) is 9.69 Å². The van der Waals surface area contributed by atoms with Gasteiger partial charge in [0.1, 0.15) is 0 Å². The van der Waals surface area contributed by atoms with Crippen molar-refractivity contribution in [3.8, 4) is 0 Å². The van der Waals surface area contributed by atoms with Crippen LogP contribution in [0.15, 0.2) is 0 Å². The number of rotatable bonds is 6. The molecule has 1 saturated carbocycles. The Morgan fingerprint density at radius 2 is 2.00 bits per heavy atom. The van der Waals surface area contributed by atoms with Crippen LogP contribution < -0.4 is 0 Å². The van der Waals surface area contributed by atoms with Crippen LogP contribution in [0.2, 0.25) is 0 Å². The average molecular weight is 279 g/mol. The van der Waals surface area contributed by atoms with Crippen molar-refractivity contribution in [3.05, 3.63) is 5.82 Å². The highest BCUT2D eigenvalue weighted by atomic mass is 16.4. The molecule has 0 aromatic carbocycles. The van der Waals surface area contributed by atoms with Gasteiger partial charge < -0.3 is 5.11 Å². The number of likely N-dealkylation sites (tertiary alicyclic amines) is 1. The molecule has 0 spiro atoms. The molecule has 20 heavy (non-hydrogen) atoms. The summed E-state index contributed by atoms with van der Waals surface area (Å²) in [7, 11) is 0. The molecule has 3 rings (SSSR count). The summed E-state index contributed by atoms with van der Waals surface area (Å²) in [6, 6.07) is 0.521. The molecule has 2 aliphatic rings. The number of carbonyl (C=O) groups is 1. The minimum absolute atomic E-state index is 0.296. The van der Waals surface area contributed by atoms with Gasteiger partial charge in [0, 0.05) is 6.42 Å².